The van der Waals surface area contributed by atoms with Crippen molar-refractivity contribution in [2.45, 2.75) is 51.4 Å². The van der Waals surface area contributed by atoms with Crippen LogP contribution in [0.1, 0.15) is 51.4 Å². The Morgan fingerprint density at radius 2 is 1.48 bits per heavy atom. The minimum atomic E-state index is -0.184. The van der Waals surface area contributed by atoms with Crippen LogP contribution in [0.2, 0.25) is 0 Å². The summed E-state index contributed by atoms with van der Waals surface area (Å²) >= 11 is 0. The molecule has 4 nitrogen and oxygen atoms in total. The van der Waals surface area contributed by atoms with E-state index in [1.807, 2.05) is 0 Å². The van der Waals surface area contributed by atoms with Gasteiger partial charge in [0.2, 0.25) is 11.8 Å². The summed E-state index contributed by atoms with van der Waals surface area (Å²) in [6, 6.07) is 0. The van der Waals surface area contributed by atoms with Crippen LogP contribution in [0.4, 0.5) is 0 Å². The molecule has 3 atom stereocenters. The smallest absolute Gasteiger partial charge is 0.244 e. The number of carbonyl (C=O) groups excluding carboxylic acids is 2. The second kappa shape index (κ2) is 4.84. The number of carbonyl (C=O) groups is 2. The van der Waals surface area contributed by atoms with Crippen LogP contribution in [0.3, 0.4) is 0 Å². The highest BCUT2D eigenvalue weighted by atomic mass is 16.2. The summed E-state index contributed by atoms with van der Waals surface area (Å²) < 4.78 is 0. The molecule has 0 radical (unpaired) electrons. The fourth-order valence-electron chi connectivity index (χ4n) is 6.81. The maximum absolute atomic E-state index is 12.8. The number of amides is 2. The SMILES string of the molecule is O=C(NNC(=O)C12CC3CC(CC(C3)C1)C2)[C@H]1C[C@@H]2C=C[C@H]1C2. The van der Waals surface area contributed by atoms with E-state index in [1.54, 1.807) is 0 Å². The summed E-state index contributed by atoms with van der Waals surface area (Å²) in [4.78, 5) is 25.2. The fourth-order valence-corrected chi connectivity index (χ4v) is 6.81. The zero-order valence-corrected chi connectivity index (χ0v) is 13.6. The molecule has 0 heterocycles. The Morgan fingerprint density at radius 1 is 0.826 bits per heavy atom. The van der Waals surface area contributed by atoms with E-state index in [-0.39, 0.29) is 23.1 Å². The topological polar surface area (TPSA) is 58.2 Å². The third-order valence-corrected chi connectivity index (χ3v) is 7.43. The van der Waals surface area contributed by atoms with Crippen LogP contribution in [0.5, 0.6) is 0 Å². The number of nitrogens with one attached hydrogen (secondary N) is 2. The highest BCUT2D eigenvalue weighted by Crippen LogP contribution is 2.60. The molecule has 5 fully saturated rings. The van der Waals surface area contributed by atoms with E-state index in [0.29, 0.717) is 11.8 Å². The van der Waals surface area contributed by atoms with Gasteiger partial charge in [0.05, 0.1) is 5.41 Å². The van der Waals surface area contributed by atoms with Crippen molar-refractivity contribution < 1.29 is 9.59 Å². The molecule has 2 N–H and O–H groups in total. The summed E-state index contributed by atoms with van der Waals surface area (Å²) in [5.41, 5.74) is 5.39. The molecule has 6 aliphatic carbocycles. The molecule has 0 aromatic heterocycles. The molecule has 0 aromatic rings. The largest absolute Gasteiger partial charge is 0.273 e. The van der Waals surface area contributed by atoms with Crippen LogP contribution in [0, 0.1) is 40.9 Å². The summed E-state index contributed by atoms with van der Waals surface area (Å²) in [5, 5.41) is 0. The van der Waals surface area contributed by atoms with E-state index < -0.39 is 0 Å². The van der Waals surface area contributed by atoms with E-state index in [0.717, 1.165) is 49.9 Å². The minimum absolute atomic E-state index is 0.0138. The first-order valence-electron chi connectivity index (χ1n) is 9.40. The van der Waals surface area contributed by atoms with E-state index in [1.165, 1.54) is 19.3 Å². The normalized spacial score (nSPS) is 48.7. The molecule has 6 aliphatic rings. The van der Waals surface area contributed by atoms with E-state index in [9.17, 15) is 9.59 Å². The molecule has 2 amide bonds. The first kappa shape index (κ1) is 14.1. The number of fused-ring (bicyclic) bond motifs is 2. The Hall–Kier alpha value is -1.32. The van der Waals surface area contributed by atoms with Gasteiger partial charge in [-0.05, 0) is 81.0 Å². The lowest BCUT2D eigenvalue weighted by Gasteiger charge is -2.55. The van der Waals surface area contributed by atoms with Crippen LogP contribution in [0.15, 0.2) is 12.2 Å². The number of hydrogen-bond acceptors (Lipinski definition) is 2. The van der Waals surface area contributed by atoms with Crippen LogP contribution in [-0.4, -0.2) is 11.8 Å². The van der Waals surface area contributed by atoms with Crippen molar-refractivity contribution >= 4 is 11.8 Å². The molecule has 23 heavy (non-hydrogen) atoms. The van der Waals surface area contributed by atoms with Crippen molar-refractivity contribution in [1.82, 2.24) is 10.9 Å². The molecule has 6 bridgehead atoms. The van der Waals surface area contributed by atoms with Crippen molar-refractivity contribution in [2.75, 3.05) is 0 Å². The molecular weight excluding hydrogens is 288 g/mol. The van der Waals surface area contributed by atoms with Gasteiger partial charge < -0.3 is 0 Å². The minimum Gasteiger partial charge on any atom is -0.273 e. The average Bonchev–Trinajstić information content (AvgIpc) is 3.14. The quantitative estimate of drug-likeness (QED) is 0.608. The van der Waals surface area contributed by atoms with Gasteiger partial charge in [0.1, 0.15) is 0 Å². The molecular formula is C19H26N2O2. The molecule has 4 heteroatoms. The third-order valence-electron chi connectivity index (χ3n) is 7.43. The maximum atomic E-state index is 12.8. The third kappa shape index (κ3) is 2.17. The molecule has 0 aromatic carbocycles. The first-order chi connectivity index (χ1) is 11.1. The van der Waals surface area contributed by atoms with Crippen LogP contribution < -0.4 is 10.9 Å². The molecule has 0 aliphatic heterocycles. The molecule has 0 saturated heterocycles. The number of allylic oxidation sites excluding steroid dienone is 2. The first-order valence-corrected chi connectivity index (χ1v) is 9.40. The van der Waals surface area contributed by atoms with E-state index in [4.69, 9.17) is 0 Å². The zero-order chi connectivity index (χ0) is 15.6. The molecule has 5 saturated carbocycles. The molecule has 6 rings (SSSR count). The van der Waals surface area contributed by atoms with E-state index >= 15 is 0 Å². The van der Waals surface area contributed by atoms with Crippen molar-refractivity contribution in [3.05, 3.63) is 12.2 Å². The summed E-state index contributed by atoms with van der Waals surface area (Å²) in [6.07, 6.45) is 13.6. The molecule has 0 spiro atoms. The van der Waals surface area contributed by atoms with Crippen molar-refractivity contribution in [1.29, 1.82) is 0 Å². The second-order valence-corrected chi connectivity index (χ2v) is 9.03. The summed E-state index contributed by atoms with van der Waals surface area (Å²) in [6.45, 7) is 0. The lowest BCUT2D eigenvalue weighted by molar-refractivity contribution is -0.149. The monoisotopic (exact) mass is 314 g/mol. The van der Waals surface area contributed by atoms with Gasteiger partial charge in [-0.25, -0.2) is 0 Å². The zero-order valence-electron chi connectivity index (χ0n) is 13.6. The fraction of sp³-hybridized carbons (Fsp3) is 0.789. The van der Waals surface area contributed by atoms with Gasteiger partial charge in [0, 0.05) is 5.92 Å². The average molecular weight is 314 g/mol. The van der Waals surface area contributed by atoms with Crippen molar-refractivity contribution in [3.8, 4) is 0 Å². The molecule has 124 valence electrons. The number of hydrogen-bond donors (Lipinski definition) is 2. The number of rotatable bonds is 2. The summed E-state index contributed by atoms with van der Waals surface area (Å²) in [7, 11) is 0. The second-order valence-electron chi connectivity index (χ2n) is 9.03. The Labute approximate surface area is 137 Å². The lowest BCUT2D eigenvalue weighted by atomic mass is 9.49. The Morgan fingerprint density at radius 3 is 2.00 bits per heavy atom. The predicted molar refractivity (Wildman–Crippen MR) is 85.7 cm³/mol. The Bertz CT molecular complexity index is 547. The highest BCUT2D eigenvalue weighted by Gasteiger charge is 2.54. The highest BCUT2D eigenvalue weighted by molar-refractivity contribution is 5.87. The van der Waals surface area contributed by atoms with Crippen LogP contribution >= 0.6 is 0 Å². The maximum Gasteiger partial charge on any atom is 0.244 e. The van der Waals surface area contributed by atoms with Gasteiger partial charge in [0.15, 0.2) is 0 Å². The van der Waals surface area contributed by atoms with Crippen molar-refractivity contribution in [2.24, 2.45) is 40.9 Å². The van der Waals surface area contributed by atoms with Gasteiger partial charge >= 0.3 is 0 Å². The Balaban J connectivity index is 1.22. The van der Waals surface area contributed by atoms with Gasteiger partial charge in [-0.2, -0.15) is 0 Å². The van der Waals surface area contributed by atoms with Crippen LogP contribution in [0.25, 0.3) is 0 Å². The van der Waals surface area contributed by atoms with Crippen LogP contribution in [-0.2, 0) is 9.59 Å². The summed E-state index contributed by atoms with van der Waals surface area (Å²) in [5.74, 6) is 3.37. The standard InChI is InChI=1S/C19H26N2O2/c22-17(16-7-11-1-2-15(16)6-11)20-21-18(23)19-8-12-3-13(9-19)5-14(4-12)10-19/h1-2,11-16H,3-10H2,(H,20,22)(H,21,23)/t11-,12?,13?,14?,15+,16+,19?/m1/s1. The predicted octanol–water partition coefficient (Wildman–Crippen LogP) is 2.56. The van der Waals surface area contributed by atoms with Gasteiger partial charge in [-0.15, -0.1) is 0 Å². The van der Waals surface area contributed by atoms with Gasteiger partial charge in [-0.1, -0.05) is 12.2 Å². The van der Waals surface area contributed by atoms with Gasteiger partial charge in [0.25, 0.3) is 0 Å². The lowest BCUT2D eigenvalue weighted by Crippen LogP contribution is -2.57. The Kier molecular flexibility index (Phi) is 2.96. The van der Waals surface area contributed by atoms with Gasteiger partial charge in [-0.3, -0.25) is 20.4 Å². The van der Waals surface area contributed by atoms with E-state index in [2.05, 4.69) is 23.0 Å². The molecule has 0 unspecified atom stereocenters. The van der Waals surface area contributed by atoms with Crippen molar-refractivity contribution in [3.63, 3.8) is 0 Å². The number of hydrazine groups is 1.